The normalized spacial score (nSPS) is 21.9. The van der Waals surface area contributed by atoms with Crippen LogP contribution in [0.15, 0.2) is 72.4 Å². The first-order valence-corrected chi connectivity index (χ1v) is 11.8. The minimum atomic E-state index is -3.11. The molecule has 2 amide bonds. The van der Waals surface area contributed by atoms with Crippen LogP contribution in [0.4, 0.5) is 8.78 Å². The maximum atomic E-state index is 13.7. The zero-order chi connectivity index (χ0) is 26.2. The van der Waals surface area contributed by atoms with E-state index in [0.29, 0.717) is 16.5 Å². The highest BCUT2D eigenvalue weighted by Crippen LogP contribution is 2.31. The van der Waals surface area contributed by atoms with Gasteiger partial charge in [0.25, 0.3) is 11.8 Å². The molecule has 1 saturated heterocycles. The summed E-state index contributed by atoms with van der Waals surface area (Å²) < 4.78 is 27.4. The Kier molecular flexibility index (Phi) is 6.21. The van der Waals surface area contributed by atoms with E-state index >= 15 is 0 Å². The van der Waals surface area contributed by atoms with Gasteiger partial charge in [-0.2, -0.15) is 5.26 Å². The van der Waals surface area contributed by atoms with Crippen LogP contribution in [-0.2, 0) is 4.79 Å². The highest BCUT2D eigenvalue weighted by atomic mass is 19.3. The van der Waals surface area contributed by atoms with Crippen LogP contribution < -0.4 is 10.6 Å². The van der Waals surface area contributed by atoms with Crippen molar-refractivity contribution in [2.75, 3.05) is 13.1 Å². The molecule has 1 aromatic carbocycles. The van der Waals surface area contributed by atoms with Crippen LogP contribution in [0.25, 0.3) is 17.0 Å². The Balaban J connectivity index is 1.33. The van der Waals surface area contributed by atoms with Crippen molar-refractivity contribution in [3.63, 3.8) is 0 Å². The molecular formula is C27H24F2N6O2. The quantitative estimate of drug-likeness (QED) is 0.651. The molecule has 2 N–H and O–H groups in total. The van der Waals surface area contributed by atoms with Crippen molar-refractivity contribution in [2.45, 2.75) is 31.5 Å². The number of nitriles is 1. The summed E-state index contributed by atoms with van der Waals surface area (Å²) in [7, 11) is 0. The molecule has 3 aliphatic rings. The number of carbonyl (C=O) groups excluding carboxylic acids is 2. The SMILES string of the molecule is C/C(=C\c1ccc2nccc(C(=O)NCC(=O)N3CC(F)(F)CC3C#N)c2c1)C1=CN2C=CNC2C=C1. The van der Waals surface area contributed by atoms with Gasteiger partial charge in [-0.1, -0.05) is 18.2 Å². The first kappa shape index (κ1) is 24.2. The van der Waals surface area contributed by atoms with Gasteiger partial charge in [0.15, 0.2) is 0 Å². The number of aromatic nitrogens is 1. The largest absolute Gasteiger partial charge is 0.366 e. The van der Waals surface area contributed by atoms with Crippen LogP contribution in [0.3, 0.4) is 0 Å². The number of benzene rings is 1. The number of nitrogens with one attached hydrogen (secondary N) is 2. The first-order chi connectivity index (χ1) is 17.7. The van der Waals surface area contributed by atoms with Crippen molar-refractivity contribution in [1.29, 1.82) is 5.26 Å². The lowest BCUT2D eigenvalue weighted by Gasteiger charge is -2.24. The minimum absolute atomic E-state index is 0.129. The molecule has 0 saturated carbocycles. The highest BCUT2D eigenvalue weighted by Gasteiger charge is 2.47. The molecule has 2 aromatic rings. The third-order valence-electron chi connectivity index (χ3n) is 6.57. The molecule has 4 heterocycles. The van der Waals surface area contributed by atoms with Gasteiger partial charge in [-0.25, -0.2) is 8.78 Å². The van der Waals surface area contributed by atoms with Gasteiger partial charge in [0.2, 0.25) is 5.91 Å². The molecule has 0 aliphatic carbocycles. The Hall–Kier alpha value is -4.52. The number of alkyl halides is 2. The molecule has 1 fully saturated rings. The number of carbonyl (C=O) groups is 2. The predicted octanol–water partition coefficient (Wildman–Crippen LogP) is 3.28. The maximum Gasteiger partial charge on any atom is 0.268 e. The minimum Gasteiger partial charge on any atom is -0.366 e. The van der Waals surface area contributed by atoms with Gasteiger partial charge in [0.1, 0.15) is 12.2 Å². The van der Waals surface area contributed by atoms with E-state index in [0.717, 1.165) is 21.6 Å². The fourth-order valence-electron chi connectivity index (χ4n) is 4.65. The Morgan fingerprint density at radius 1 is 1.35 bits per heavy atom. The summed E-state index contributed by atoms with van der Waals surface area (Å²) in [6, 6.07) is 7.64. The van der Waals surface area contributed by atoms with E-state index in [4.69, 9.17) is 5.26 Å². The van der Waals surface area contributed by atoms with Gasteiger partial charge < -0.3 is 20.4 Å². The van der Waals surface area contributed by atoms with Gasteiger partial charge in [-0.3, -0.25) is 14.6 Å². The third kappa shape index (κ3) is 4.93. The average Bonchev–Trinajstić information content (AvgIpc) is 3.49. The number of halogens is 2. The number of amides is 2. The molecule has 0 spiro atoms. The first-order valence-electron chi connectivity index (χ1n) is 11.8. The number of rotatable bonds is 5. The number of fused-ring (bicyclic) bond motifs is 2. The van der Waals surface area contributed by atoms with Crippen LogP contribution in [-0.4, -0.2) is 57.8 Å². The topological polar surface area (TPSA) is 101 Å². The summed E-state index contributed by atoms with van der Waals surface area (Å²) in [5.74, 6) is -4.37. The second-order valence-corrected chi connectivity index (χ2v) is 9.19. The standard InChI is InChI=1S/C27H24F2N6O2/c1-17(19-3-5-24-32-8-9-34(24)15-19)10-18-2-4-23-22(11-18)21(6-7-31-23)26(37)33-14-25(36)35-16-27(28,29)12-20(35)13-30/h2-11,15,20,24,32H,12,14,16H2,1H3,(H,33,37)/b17-10+. The van der Waals surface area contributed by atoms with Crippen molar-refractivity contribution >= 4 is 28.8 Å². The van der Waals surface area contributed by atoms with Crippen molar-refractivity contribution in [2.24, 2.45) is 0 Å². The van der Waals surface area contributed by atoms with Crippen molar-refractivity contribution in [1.82, 2.24) is 25.4 Å². The maximum absolute atomic E-state index is 13.7. The van der Waals surface area contributed by atoms with Gasteiger partial charge in [-0.05, 0) is 47.9 Å². The lowest BCUT2D eigenvalue weighted by atomic mass is 10.0. The zero-order valence-corrected chi connectivity index (χ0v) is 20.0. The second-order valence-electron chi connectivity index (χ2n) is 9.19. The van der Waals surface area contributed by atoms with Crippen LogP contribution in [0, 0.1) is 11.3 Å². The summed E-state index contributed by atoms with van der Waals surface area (Å²) in [5.41, 5.74) is 3.86. The van der Waals surface area contributed by atoms with E-state index in [1.165, 1.54) is 6.20 Å². The zero-order valence-electron chi connectivity index (χ0n) is 20.0. The van der Waals surface area contributed by atoms with E-state index < -0.39 is 43.3 Å². The van der Waals surface area contributed by atoms with E-state index in [9.17, 15) is 18.4 Å². The fourth-order valence-corrected chi connectivity index (χ4v) is 4.65. The molecule has 37 heavy (non-hydrogen) atoms. The van der Waals surface area contributed by atoms with Gasteiger partial charge >= 0.3 is 0 Å². The number of hydrogen-bond acceptors (Lipinski definition) is 6. The number of nitrogens with zero attached hydrogens (tertiary/aromatic N) is 4. The number of likely N-dealkylation sites (tertiary alicyclic amines) is 1. The molecule has 188 valence electrons. The van der Waals surface area contributed by atoms with Gasteiger partial charge in [0, 0.05) is 36.6 Å². The van der Waals surface area contributed by atoms with Crippen LogP contribution in [0.1, 0.15) is 29.3 Å². The third-order valence-corrected chi connectivity index (χ3v) is 6.57. The van der Waals surface area contributed by atoms with Crippen molar-refractivity contribution < 1.29 is 18.4 Å². The molecule has 8 nitrogen and oxygen atoms in total. The summed E-state index contributed by atoms with van der Waals surface area (Å²) in [5, 5.41) is 15.4. The molecule has 5 rings (SSSR count). The number of pyridine rings is 1. The smallest absolute Gasteiger partial charge is 0.268 e. The van der Waals surface area contributed by atoms with Gasteiger partial charge in [-0.15, -0.1) is 0 Å². The Morgan fingerprint density at radius 3 is 3.00 bits per heavy atom. The number of allylic oxidation sites excluding steroid dienone is 3. The summed E-state index contributed by atoms with van der Waals surface area (Å²) in [6.07, 6.45) is 13.0. The molecule has 10 heteroatoms. The van der Waals surface area contributed by atoms with E-state index in [-0.39, 0.29) is 6.17 Å². The van der Waals surface area contributed by atoms with E-state index in [1.54, 1.807) is 12.1 Å². The lowest BCUT2D eigenvalue weighted by Crippen LogP contribution is -2.43. The molecule has 3 aliphatic heterocycles. The Labute approximate surface area is 212 Å². The lowest BCUT2D eigenvalue weighted by molar-refractivity contribution is -0.131. The summed E-state index contributed by atoms with van der Waals surface area (Å²) in [6.45, 7) is 0.688. The van der Waals surface area contributed by atoms with Gasteiger partial charge in [0.05, 0.1) is 30.2 Å². The highest BCUT2D eigenvalue weighted by molar-refractivity contribution is 6.07. The van der Waals surface area contributed by atoms with E-state index in [1.807, 2.05) is 43.6 Å². The second kappa shape index (κ2) is 9.50. The van der Waals surface area contributed by atoms with Crippen LogP contribution in [0.2, 0.25) is 0 Å². The monoisotopic (exact) mass is 502 g/mol. The molecule has 2 unspecified atom stereocenters. The molecule has 2 atom stereocenters. The predicted molar refractivity (Wildman–Crippen MR) is 134 cm³/mol. The fraction of sp³-hybridized carbons (Fsp3) is 0.259. The van der Waals surface area contributed by atoms with Crippen molar-refractivity contribution in [3.8, 4) is 6.07 Å². The van der Waals surface area contributed by atoms with Crippen molar-refractivity contribution in [3.05, 3.63) is 83.5 Å². The van der Waals surface area contributed by atoms with E-state index in [2.05, 4.69) is 38.9 Å². The summed E-state index contributed by atoms with van der Waals surface area (Å²) in [4.78, 5) is 32.7. The Bertz CT molecular complexity index is 1440. The van der Waals surface area contributed by atoms with Crippen LogP contribution in [0.5, 0.6) is 0 Å². The molecule has 0 radical (unpaired) electrons. The molecular weight excluding hydrogens is 478 g/mol. The average molecular weight is 503 g/mol. The molecule has 1 aromatic heterocycles. The summed E-state index contributed by atoms with van der Waals surface area (Å²) >= 11 is 0. The molecule has 0 bridgehead atoms. The Morgan fingerprint density at radius 2 is 2.19 bits per heavy atom. The van der Waals surface area contributed by atoms with Crippen LogP contribution >= 0.6 is 0 Å². The number of hydrogen-bond donors (Lipinski definition) is 2.